The minimum absolute atomic E-state index is 0.751. The summed E-state index contributed by atoms with van der Waals surface area (Å²) in [6, 6.07) is 1.95. The average molecular weight is 147 g/mol. The van der Waals surface area contributed by atoms with Gasteiger partial charge in [-0.2, -0.15) is 0 Å². The van der Waals surface area contributed by atoms with Gasteiger partial charge in [-0.3, -0.25) is 4.79 Å². The van der Waals surface area contributed by atoms with Gasteiger partial charge < -0.3 is 4.98 Å². The third-order valence-corrected chi connectivity index (χ3v) is 1.21. The summed E-state index contributed by atoms with van der Waals surface area (Å²) in [5, 5.41) is 0. The zero-order valence-electron chi connectivity index (χ0n) is 6.03. The Morgan fingerprint density at radius 3 is 2.82 bits per heavy atom. The average Bonchev–Trinajstić information content (AvgIpc) is 2.50. The van der Waals surface area contributed by atoms with Gasteiger partial charge in [0.2, 0.25) is 0 Å². The number of hydrogen-bond donors (Lipinski definition) is 1. The fourth-order valence-electron chi connectivity index (χ4n) is 0.717. The van der Waals surface area contributed by atoms with Gasteiger partial charge in [-0.15, -0.1) is 0 Å². The van der Waals surface area contributed by atoms with E-state index in [0.717, 1.165) is 11.8 Å². The lowest BCUT2D eigenvalue weighted by Crippen LogP contribution is -1.59. The van der Waals surface area contributed by atoms with Crippen LogP contribution in [0.1, 0.15) is 5.56 Å². The van der Waals surface area contributed by atoms with E-state index in [2.05, 4.69) is 4.98 Å². The summed E-state index contributed by atoms with van der Waals surface area (Å²) >= 11 is 0. The first-order chi connectivity index (χ1) is 5.43. The number of carbonyl (C=O) groups excluding carboxylic acids is 1. The number of H-pyrrole nitrogens is 1. The molecule has 0 aromatic carbocycles. The van der Waals surface area contributed by atoms with Gasteiger partial charge in [-0.05, 0) is 17.7 Å². The van der Waals surface area contributed by atoms with Crippen molar-refractivity contribution >= 4 is 12.4 Å². The zero-order valence-corrected chi connectivity index (χ0v) is 6.03. The van der Waals surface area contributed by atoms with Crippen molar-refractivity contribution in [2.45, 2.75) is 0 Å². The first-order valence-electron chi connectivity index (χ1n) is 3.35. The molecule has 0 atom stereocenters. The standard InChI is InChI=1S/C9H9NO/c11-7-3-1-2-4-9-5-6-10-8-9/h1-8,10H/b3-1+,4-2+. The Morgan fingerprint density at radius 1 is 1.27 bits per heavy atom. The summed E-state index contributed by atoms with van der Waals surface area (Å²) in [4.78, 5) is 12.8. The predicted octanol–water partition coefficient (Wildman–Crippen LogP) is 1.78. The van der Waals surface area contributed by atoms with Crippen molar-refractivity contribution in [3.63, 3.8) is 0 Å². The van der Waals surface area contributed by atoms with Gasteiger partial charge in [0.05, 0.1) is 0 Å². The van der Waals surface area contributed by atoms with Crippen LogP contribution in [-0.2, 0) is 4.79 Å². The van der Waals surface area contributed by atoms with Gasteiger partial charge >= 0.3 is 0 Å². The molecule has 0 unspecified atom stereocenters. The molecule has 1 N–H and O–H groups in total. The Bertz CT molecular complexity index is 257. The second kappa shape index (κ2) is 4.28. The van der Waals surface area contributed by atoms with E-state index in [0.29, 0.717) is 0 Å². The van der Waals surface area contributed by atoms with Gasteiger partial charge in [-0.1, -0.05) is 18.2 Å². The second-order valence-corrected chi connectivity index (χ2v) is 2.02. The van der Waals surface area contributed by atoms with Crippen LogP contribution in [0.5, 0.6) is 0 Å². The molecule has 0 radical (unpaired) electrons. The monoisotopic (exact) mass is 147 g/mol. The van der Waals surface area contributed by atoms with Gasteiger partial charge in [0, 0.05) is 12.4 Å². The van der Waals surface area contributed by atoms with E-state index in [4.69, 9.17) is 0 Å². The fourth-order valence-corrected chi connectivity index (χ4v) is 0.717. The number of aromatic amines is 1. The van der Waals surface area contributed by atoms with Crippen molar-refractivity contribution < 1.29 is 4.79 Å². The quantitative estimate of drug-likeness (QED) is 0.394. The van der Waals surface area contributed by atoms with Crippen LogP contribution < -0.4 is 0 Å². The molecule has 1 aromatic heterocycles. The van der Waals surface area contributed by atoms with Gasteiger partial charge in [-0.25, -0.2) is 0 Å². The fraction of sp³-hybridized carbons (Fsp3) is 0. The molecule has 0 aliphatic rings. The Balaban J connectivity index is 2.49. The Morgan fingerprint density at radius 2 is 2.18 bits per heavy atom. The van der Waals surface area contributed by atoms with Gasteiger partial charge in [0.25, 0.3) is 0 Å². The predicted molar refractivity (Wildman–Crippen MR) is 45.0 cm³/mol. The zero-order chi connectivity index (χ0) is 7.94. The van der Waals surface area contributed by atoms with E-state index in [1.807, 2.05) is 30.6 Å². The van der Waals surface area contributed by atoms with Crippen LogP contribution in [0.25, 0.3) is 6.08 Å². The molecule has 1 aromatic rings. The first kappa shape index (κ1) is 7.54. The molecular weight excluding hydrogens is 138 g/mol. The van der Waals surface area contributed by atoms with Crippen molar-refractivity contribution in [1.82, 2.24) is 4.98 Å². The highest BCUT2D eigenvalue weighted by Crippen LogP contribution is 1.98. The minimum atomic E-state index is 0.751. The van der Waals surface area contributed by atoms with Crippen molar-refractivity contribution in [3.05, 3.63) is 42.3 Å². The molecule has 0 saturated carbocycles. The SMILES string of the molecule is O=C/C=C/C=C/c1cc[nH]c1. The molecule has 1 heterocycles. The maximum absolute atomic E-state index is 9.84. The molecule has 56 valence electrons. The van der Waals surface area contributed by atoms with E-state index >= 15 is 0 Å². The molecule has 1 rings (SSSR count). The van der Waals surface area contributed by atoms with Crippen LogP contribution in [-0.4, -0.2) is 11.3 Å². The number of aldehydes is 1. The highest BCUT2D eigenvalue weighted by Gasteiger charge is 1.80. The summed E-state index contributed by atoms with van der Waals surface area (Å²) in [6.45, 7) is 0. The third-order valence-electron chi connectivity index (χ3n) is 1.21. The summed E-state index contributed by atoms with van der Waals surface area (Å²) in [5.74, 6) is 0. The highest BCUT2D eigenvalue weighted by molar-refractivity contribution is 5.66. The van der Waals surface area contributed by atoms with E-state index in [1.54, 1.807) is 6.08 Å². The number of aromatic nitrogens is 1. The van der Waals surface area contributed by atoms with Crippen molar-refractivity contribution in [2.75, 3.05) is 0 Å². The lowest BCUT2D eigenvalue weighted by atomic mass is 10.3. The van der Waals surface area contributed by atoms with Gasteiger partial charge in [0.1, 0.15) is 6.29 Å². The Kier molecular flexibility index (Phi) is 2.93. The van der Waals surface area contributed by atoms with E-state index < -0.39 is 0 Å². The number of hydrogen-bond acceptors (Lipinski definition) is 1. The number of rotatable bonds is 3. The lowest BCUT2D eigenvalue weighted by Gasteiger charge is -1.77. The Hall–Kier alpha value is -1.57. The van der Waals surface area contributed by atoms with Gasteiger partial charge in [0.15, 0.2) is 0 Å². The lowest BCUT2D eigenvalue weighted by molar-refractivity contribution is -0.104. The topological polar surface area (TPSA) is 32.9 Å². The van der Waals surface area contributed by atoms with Crippen LogP contribution in [0.3, 0.4) is 0 Å². The Labute approximate surface area is 65.2 Å². The molecule has 0 aliphatic carbocycles. The normalized spacial score (nSPS) is 11.3. The number of carbonyl (C=O) groups is 1. The summed E-state index contributed by atoms with van der Waals surface area (Å²) in [6.07, 6.45) is 11.4. The van der Waals surface area contributed by atoms with E-state index in [1.165, 1.54) is 6.08 Å². The summed E-state index contributed by atoms with van der Waals surface area (Å²) in [7, 11) is 0. The summed E-state index contributed by atoms with van der Waals surface area (Å²) < 4.78 is 0. The molecule has 2 heteroatoms. The minimum Gasteiger partial charge on any atom is -0.367 e. The molecule has 11 heavy (non-hydrogen) atoms. The first-order valence-corrected chi connectivity index (χ1v) is 3.35. The van der Waals surface area contributed by atoms with Crippen molar-refractivity contribution in [1.29, 1.82) is 0 Å². The third kappa shape index (κ3) is 2.67. The van der Waals surface area contributed by atoms with E-state index in [9.17, 15) is 4.79 Å². The maximum atomic E-state index is 9.84. The van der Waals surface area contributed by atoms with Crippen LogP contribution in [0, 0.1) is 0 Å². The van der Waals surface area contributed by atoms with Crippen LogP contribution >= 0.6 is 0 Å². The molecule has 2 nitrogen and oxygen atoms in total. The van der Waals surface area contributed by atoms with Crippen molar-refractivity contribution in [3.8, 4) is 0 Å². The van der Waals surface area contributed by atoms with Crippen molar-refractivity contribution in [2.24, 2.45) is 0 Å². The molecule has 0 amide bonds. The molecule has 0 saturated heterocycles. The van der Waals surface area contributed by atoms with Crippen LogP contribution in [0.4, 0.5) is 0 Å². The molecule has 0 spiro atoms. The molecule has 0 bridgehead atoms. The molecule has 0 aliphatic heterocycles. The highest BCUT2D eigenvalue weighted by atomic mass is 16.1. The number of allylic oxidation sites excluding steroid dienone is 3. The smallest absolute Gasteiger partial charge is 0.142 e. The molecular formula is C9H9NO. The van der Waals surface area contributed by atoms with E-state index in [-0.39, 0.29) is 0 Å². The van der Waals surface area contributed by atoms with Crippen LogP contribution in [0.15, 0.2) is 36.7 Å². The number of nitrogens with one attached hydrogen (secondary N) is 1. The second-order valence-electron chi connectivity index (χ2n) is 2.02. The van der Waals surface area contributed by atoms with Crippen LogP contribution in [0.2, 0.25) is 0 Å². The largest absolute Gasteiger partial charge is 0.367 e. The maximum Gasteiger partial charge on any atom is 0.142 e. The molecule has 0 fully saturated rings. The summed E-state index contributed by atoms with van der Waals surface area (Å²) in [5.41, 5.74) is 1.10.